The van der Waals surface area contributed by atoms with Crippen LogP contribution in [0.1, 0.15) is 64.1 Å². The first-order valence-electron chi connectivity index (χ1n) is 13.6. The third-order valence-electron chi connectivity index (χ3n) is 6.47. The molecule has 4 rings (SSSR count). The molecule has 0 fully saturated rings. The minimum absolute atomic E-state index is 0.166. The lowest BCUT2D eigenvalue weighted by Gasteiger charge is -2.25. The summed E-state index contributed by atoms with van der Waals surface area (Å²) in [6.07, 6.45) is 5.07. The smallest absolute Gasteiger partial charge is 0.338 e. The standard InChI is InChI=1S/C31H34N2O7S/c1-6-8-9-16-39-23-13-10-21(11-14-23)17-26-29(35)33-28(22-12-15-24(40-20(4)34)25(18-22)37-5)27(30(36)38-7-2)19(3)32-31(33)41-26/h10-15,17-18,28H,6-9,16H2,1-5H3/b26-17-. The number of methoxy groups -OCH3 is 1. The molecule has 0 bridgehead atoms. The van der Waals surface area contributed by atoms with E-state index in [9.17, 15) is 14.4 Å². The molecular formula is C31H34N2O7S. The minimum atomic E-state index is -0.827. The van der Waals surface area contributed by atoms with Crippen LogP contribution in [0.25, 0.3) is 6.08 Å². The summed E-state index contributed by atoms with van der Waals surface area (Å²) in [4.78, 5) is 43.6. The van der Waals surface area contributed by atoms with E-state index >= 15 is 0 Å². The summed E-state index contributed by atoms with van der Waals surface area (Å²) < 4.78 is 23.8. The summed E-state index contributed by atoms with van der Waals surface area (Å²) >= 11 is 1.24. The van der Waals surface area contributed by atoms with Gasteiger partial charge >= 0.3 is 11.9 Å². The molecule has 0 saturated carbocycles. The quantitative estimate of drug-likeness (QED) is 0.190. The molecule has 41 heavy (non-hydrogen) atoms. The van der Waals surface area contributed by atoms with Crippen LogP contribution in [0.3, 0.4) is 0 Å². The van der Waals surface area contributed by atoms with Crippen molar-refractivity contribution in [3.63, 3.8) is 0 Å². The van der Waals surface area contributed by atoms with Crippen LogP contribution >= 0.6 is 11.3 Å². The van der Waals surface area contributed by atoms with Crippen molar-refractivity contribution in [3.8, 4) is 17.2 Å². The number of ether oxygens (including phenoxy) is 4. The number of rotatable bonds is 11. The lowest BCUT2D eigenvalue weighted by atomic mass is 9.95. The minimum Gasteiger partial charge on any atom is -0.494 e. The summed E-state index contributed by atoms with van der Waals surface area (Å²) in [6, 6.07) is 11.7. The van der Waals surface area contributed by atoms with Crippen LogP contribution in [-0.2, 0) is 14.3 Å². The van der Waals surface area contributed by atoms with Gasteiger partial charge in [0.05, 0.1) is 42.2 Å². The molecule has 9 nitrogen and oxygen atoms in total. The number of nitrogens with zero attached hydrogens (tertiary/aromatic N) is 2. The molecule has 1 aliphatic rings. The summed E-state index contributed by atoms with van der Waals surface area (Å²) in [7, 11) is 1.45. The first-order chi connectivity index (χ1) is 19.8. The summed E-state index contributed by atoms with van der Waals surface area (Å²) in [5.41, 5.74) is 1.82. The average Bonchev–Trinajstić information content (AvgIpc) is 3.25. The zero-order valence-electron chi connectivity index (χ0n) is 23.9. The van der Waals surface area contributed by atoms with E-state index < -0.39 is 18.0 Å². The average molecular weight is 579 g/mol. The highest BCUT2D eigenvalue weighted by atomic mass is 32.1. The van der Waals surface area contributed by atoms with Gasteiger partial charge in [-0.25, -0.2) is 9.79 Å². The van der Waals surface area contributed by atoms with Crippen LogP contribution < -0.4 is 29.1 Å². The molecule has 0 N–H and O–H groups in total. The number of fused-ring (bicyclic) bond motifs is 1. The molecule has 2 heterocycles. The maximum atomic E-state index is 13.9. The van der Waals surface area contributed by atoms with E-state index in [1.807, 2.05) is 24.3 Å². The van der Waals surface area contributed by atoms with Crippen LogP contribution in [0, 0.1) is 0 Å². The van der Waals surface area contributed by atoms with Crippen LogP contribution in [0.5, 0.6) is 17.2 Å². The number of aromatic nitrogens is 1. The molecule has 0 amide bonds. The maximum Gasteiger partial charge on any atom is 0.338 e. The molecule has 10 heteroatoms. The fourth-order valence-electron chi connectivity index (χ4n) is 4.55. The van der Waals surface area contributed by atoms with Crippen molar-refractivity contribution in [1.82, 2.24) is 4.57 Å². The van der Waals surface area contributed by atoms with Gasteiger partial charge in [0.25, 0.3) is 5.56 Å². The fraction of sp³-hybridized carbons (Fsp3) is 0.355. The van der Waals surface area contributed by atoms with Crippen LogP contribution in [0.15, 0.2) is 63.5 Å². The van der Waals surface area contributed by atoms with Crippen molar-refractivity contribution in [1.29, 1.82) is 0 Å². The van der Waals surface area contributed by atoms with E-state index in [1.54, 1.807) is 38.1 Å². The zero-order valence-corrected chi connectivity index (χ0v) is 24.7. The Morgan fingerprint density at radius 3 is 2.49 bits per heavy atom. The Balaban J connectivity index is 1.79. The number of esters is 2. The predicted octanol–water partition coefficient (Wildman–Crippen LogP) is 4.30. The Bertz CT molecular complexity index is 1630. The summed E-state index contributed by atoms with van der Waals surface area (Å²) in [6.45, 7) is 7.72. The second kappa shape index (κ2) is 13.5. The van der Waals surface area contributed by atoms with Gasteiger partial charge in [0.15, 0.2) is 16.3 Å². The number of hydrogen-bond acceptors (Lipinski definition) is 9. The fourth-order valence-corrected chi connectivity index (χ4v) is 5.60. The number of carbonyl (C=O) groups excluding carboxylic acids is 2. The van der Waals surface area contributed by atoms with Crippen LogP contribution in [-0.4, -0.2) is 36.8 Å². The predicted molar refractivity (Wildman–Crippen MR) is 156 cm³/mol. The third kappa shape index (κ3) is 6.77. The zero-order chi connectivity index (χ0) is 29.5. The van der Waals surface area contributed by atoms with Gasteiger partial charge < -0.3 is 18.9 Å². The Kier molecular flexibility index (Phi) is 9.78. The van der Waals surface area contributed by atoms with Gasteiger partial charge in [-0.1, -0.05) is 49.3 Å². The molecule has 1 unspecified atom stereocenters. The highest BCUT2D eigenvalue weighted by Gasteiger charge is 2.34. The molecule has 0 aliphatic carbocycles. The lowest BCUT2D eigenvalue weighted by molar-refractivity contribution is -0.139. The highest BCUT2D eigenvalue weighted by Crippen LogP contribution is 2.36. The van der Waals surface area contributed by atoms with E-state index in [-0.39, 0.29) is 29.2 Å². The lowest BCUT2D eigenvalue weighted by Crippen LogP contribution is -2.40. The molecule has 2 aromatic carbocycles. The number of thiazole rings is 1. The van der Waals surface area contributed by atoms with Gasteiger partial charge in [0.1, 0.15) is 5.75 Å². The maximum absolute atomic E-state index is 13.9. The Labute approximate surface area is 242 Å². The number of allylic oxidation sites excluding steroid dienone is 1. The molecule has 1 atom stereocenters. The molecule has 0 saturated heterocycles. The summed E-state index contributed by atoms with van der Waals surface area (Å²) in [5.74, 6) is 0.233. The topological polar surface area (TPSA) is 105 Å². The normalized spacial score (nSPS) is 14.8. The van der Waals surface area contributed by atoms with Crippen molar-refractivity contribution in [2.45, 2.75) is 53.0 Å². The van der Waals surface area contributed by atoms with Gasteiger partial charge in [-0.15, -0.1) is 0 Å². The highest BCUT2D eigenvalue weighted by molar-refractivity contribution is 7.07. The first kappa shape index (κ1) is 29.8. The van der Waals surface area contributed by atoms with Crippen molar-refractivity contribution in [2.24, 2.45) is 4.99 Å². The molecule has 1 aromatic heterocycles. The van der Waals surface area contributed by atoms with Gasteiger partial charge in [-0.2, -0.15) is 0 Å². The van der Waals surface area contributed by atoms with Gasteiger partial charge in [0.2, 0.25) is 0 Å². The Hall–Kier alpha value is -4.18. The number of benzene rings is 2. The monoisotopic (exact) mass is 578 g/mol. The van der Waals surface area contributed by atoms with E-state index in [0.717, 1.165) is 30.6 Å². The van der Waals surface area contributed by atoms with Crippen LogP contribution in [0.4, 0.5) is 0 Å². The molecule has 1 aliphatic heterocycles. The Morgan fingerprint density at radius 2 is 1.83 bits per heavy atom. The van der Waals surface area contributed by atoms with E-state index in [2.05, 4.69) is 11.9 Å². The molecule has 3 aromatic rings. The largest absolute Gasteiger partial charge is 0.494 e. The van der Waals surface area contributed by atoms with E-state index in [0.29, 0.717) is 27.2 Å². The summed E-state index contributed by atoms with van der Waals surface area (Å²) in [5, 5.41) is 0. The van der Waals surface area contributed by atoms with Gasteiger partial charge in [0, 0.05) is 6.92 Å². The SMILES string of the molecule is CCCCCOc1ccc(/C=c2\sc3n(c2=O)C(c2ccc(OC(C)=O)c(OC)c2)C(C(=O)OCC)=C(C)N=3)cc1. The molecule has 216 valence electrons. The van der Waals surface area contributed by atoms with Gasteiger partial charge in [-0.05, 0) is 61.7 Å². The van der Waals surface area contributed by atoms with Crippen molar-refractivity contribution in [2.75, 3.05) is 20.3 Å². The second-order valence-corrected chi connectivity index (χ2v) is 10.4. The van der Waals surface area contributed by atoms with Crippen molar-refractivity contribution in [3.05, 3.63) is 84.5 Å². The Morgan fingerprint density at radius 1 is 1.07 bits per heavy atom. The van der Waals surface area contributed by atoms with Crippen molar-refractivity contribution >= 4 is 29.4 Å². The molecule has 0 radical (unpaired) electrons. The number of unbranched alkanes of at least 4 members (excludes halogenated alkanes) is 2. The molecular weight excluding hydrogens is 544 g/mol. The van der Waals surface area contributed by atoms with Crippen molar-refractivity contribution < 1.29 is 28.5 Å². The van der Waals surface area contributed by atoms with E-state index in [1.165, 1.54) is 29.9 Å². The molecule has 0 spiro atoms. The number of carbonyl (C=O) groups is 2. The number of hydrogen-bond donors (Lipinski definition) is 0. The third-order valence-corrected chi connectivity index (χ3v) is 7.45. The second-order valence-electron chi connectivity index (χ2n) is 9.43. The van der Waals surface area contributed by atoms with Gasteiger partial charge in [-0.3, -0.25) is 14.2 Å². The van der Waals surface area contributed by atoms with Crippen LogP contribution in [0.2, 0.25) is 0 Å². The van der Waals surface area contributed by atoms with E-state index in [4.69, 9.17) is 18.9 Å². The first-order valence-corrected chi connectivity index (χ1v) is 14.4.